The molecule has 0 atom stereocenters. The molecule has 0 aliphatic carbocycles. The number of carbonyl (C=O) groups is 1. The van der Waals surface area contributed by atoms with Crippen LogP contribution >= 0.6 is 0 Å². The van der Waals surface area contributed by atoms with E-state index in [4.69, 9.17) is 9.47 Å². The van der Waals surface area contributed by atoms with Crippen molar-refractivity contribution in [1.29, 1.82) is 0 Å². The number of hydrogen-bond donors (Lipinski definition) is 0. The third kappa shape index (κ3) is 2.52. The van der Waals surface area contributed by atoms with E-state index >= 15 is 0 Å². The molecule has 0 saturated carbocycles. The van der Waals surface area contributed by atoms with Gasteiger partial charge in [0.25, 0.3) is 0 Å². The van der Waals surface area contributed by atoms with Crippen molar-refractivity contribution in [2.45, 2.75) is 26.4 Å². The zero-order valence-electron chi connectivity index (χ0n) is 11.0. The molecule has 1 aromatic carbocycles. The second kappa shape index (κ2) is 5.54. The first-order valence-corrected chi connectivity index (χ1v) is 5.46. The van der Waals surface area contributed by atoms with Crippen LogP contribution in [0.2, 0.25) is 0 Å². The molecule has 4 heteroatoms. The second-order valence-electron chi connectivity index (χ2n) is 4.55. The fourth-order valence-corrected chi connectivity index (χ4v) is 2.10. The topological polar surface area (TPSA) is 35.5 Å². The number of hydrogen-bond acceptors (Lipinski definition) is 3. The molecule has 1 aliphatic rings. The molecule has 93 valence electrons. The first-order valence-electron chi connectivity index (χ1n) is 5.46. The van der Waals surface area contributed by atoms with Crippen LogP contribution in [-0.4, -0.2) is 18.7 Å². The Morgan fingerprint density at radius 3 is 2.61 bits per heavy atom. The van der Waals surface area contributed by atoms with Crippen molar-refractivity contribution in [3.8, 4) is 0 Å². The molecule has 0 spiro atoms. The Bertz CT molecular complexity index is 504. The Morgan fingerprint density at radius 1 is 1.39 bits per heavy atom. The number of rotatable bonds is 2. The molecule has 0 bridgehead atoms. The zero-order chi connectivity index (χ0) is 12.6. The van der Waals surface area contributed by atoms with Gasteiger partial charge in [0, 0.05) is 32.7 Å². The minimum atomic E-state index is -0.701. The number of benzene rings is 1. The van der Waals surface area contributed by atoms with Crippen LogP contribution in [0.15, 0.2) is 24.0 Å². The number of aryl methyl sites for hydroxylation is 1. The SMILES string of the molecule is COC1=C(c2cc[c-]cc2C)C(=O)OC1(C)C.[Y]. The van der Waals surface area contributed by atoms with Crippen LogP contribution in [0.3, 0.4) is 0 Å². The molecule has 1 heterocycles. The van der Waals surface area contributed by atoms with Crippen LogP contribution in [0.4, 0.5) is 0 Å². The van der Waals surface area contributed by atoms with Crippen molar-refractivity contribution in [1.82, 2.24) is 0 Å². The fraction of sp³-hybridized carbons (Fsp3) is 0.357. The molecule has 2 rings (SSSR count). The maximum Gasteiger partial charge on any atom is 0.341 e. The van der Waals surface area contributed by atoms with Gasteiger partial charge in [0.2, 0.25) is 0 Å². The Morgan fingerprint density at radius 2 is 2.06 bits per heavy atom. The molecule has 3 nitrogen and oxygen atoms in total. The molecule has 1 radical (unpaired) electrons. The second-order valence-corrected chi connectivity index (χ2v) is 4.55. The molecular weight excluding hydrogens is 305 g/mol. The van der Waals surface area contributed by atoms with Gasteiger partial charge < -0.3 is 9.47 Å². The fourth-order valence-electron chi connectivity index (χ4n) is 2.10. The van der Waals surface area contributed by atoms with E-state index in [2.05, 4.69) is 6.07 Å². The van der Waals surface area contributed by atoms with Gasteiger partial charge in [-0.25, -0.2) is 4.79 Å². The molecule has 0 fully saturated rings. The molecule has 1 aliphatic heterocycles. The largest absolute Gasteiger partial charge is 0.496 e. The van der Waals surface area contributed by atoms with Gasteiger partial charge in [0.1, 0.15) is 0 Å². The Hall–Kier alpha value is -0.666. The molecule has 0 aromatic heterocycles. The summed E-state index contributed by atoms with van der Waals surface area (Å²) in [7, 11) is 1.56. The quantitative estimate of drug-likeness (QED) is 0.620. The van der Waals surface area contributed by atoms with E-state index in [1.54, 1.807) is 13.2 Å². The van der Waals surface area contributed by atoms with Gasteiger partial charge in [-0.1, -0.05) is 6.92 Å². The maximum atomic E-state index is 11.9. The van der Waals surface area contributed by atoms with Crippen molar-refractivity contribution in [3.05, 3.63) is 41.2 Å². The van der Waals surface area contributed by atoms with Crippen LogP contribution < -0.4 is 0 Å². The zero-order valence-corrected chi connectivity index (χ0v) is 13.9. The van der Waals surface area contributed by atoms with Gasteiger partial charge >= 0.3 is 5.97 Å². The van der Waals surface area contributed by atoms with Crippen molar-refractivity contribution >= 4 is 11.5 Å². The minimum absolute atomic E-state index is 0. The maximum absolute atomic E-state index is 11.9. The Kier molecular flexibility index (Phi) is 4.74. The van der Waals surface area contributed by atoms with Gasteiger partial charge in [-0.2, -0.15) is 29.8 Å². The van der Waals surface area contributed by atoms with E-state index in [1.807, 2.05) is 32.9 Å². The van der Waals surface area contributed by atoms with E-state index in [1.165, 1.54) is 0 Å². The van der Waals surface area contributed by atoms with Gasteiger partial charge in [0.15, 0.2) is 11.4 Å². The molecule has 0 saturated heterocycles. The van der Waals surface area contributed by atoms with Crippen LogP contribution in [0.5, 0.6) is 0 Å². The third-order valence-electron chi connectivity index (χ3n) is 2.87. The summed E-state index contributed by atoms with van der Waals surface area (Å²) in [5.41, 5.74) is 1.64. The van der Waals surface area contributed by atoms with E-state index in [-0.39, 0.29) is 38.7 Å². The standard InChI is InChI=1S/C14H15O3.Y/c1-9-7-5-6-8-10(9)11-12(16-4)14(2,3)17-13(11)15;/h6-8H,1-4H3;/q-1;. The van der Waals surface area contributed by atoms with E-state index in [9.17, 15) is 4.79 Å². The molecule has 1 aromatic rings. The summed E-state index contributed by atoms with van der Waals surface area (Å²) in [5, 5.41) is 0. The Balaban J connectivity index is 0.00000162. The predicted octanol–water partition coefficient (Wildman–Crippen LogP) is 2.49. The van der Waals surface area contributed by atoms with Gasteiger partial charge in [-0.15, -0.1) is 5.56 Å². The number of carbonyl (C=O) groups excluding carboxylic acids is 1. The Labute approximate surface area is 132 Å². The molecule has 18 heavy (non-hydrogen) atoms. The van der Waals surface area contributed by atoms with E-state index in [0.717, 1.165) is 11.1 Å². The third-order valence-corrected chi connectivity index (χ3v) is 2.87. The molecule has 0 unspecified atom stereocenters. The summed E-state index contributed by atoms with van der Waals surface area (Å²) in [5.74, 6) is 0.248. The van der Waals surface area contributed by atoms with Crippen LogP contribution in [0.25, 0.3) is 5.57 Å². The van der Waals surface area contributed by atoms with E-state index < -0.39 is 5.60 Å². The first kappa shape index (κ1) is 15.4. The van der Waals surface area contributed by atoms with Crippen LogP contribution in [0, 0.1) is 13.0 Å². The summed E-state index contributed by atoms with van der Waals surface area (Å²) in [6, 6.07) is 8.45. The number of esters is 1. The van der Waals surface area contributed by atoms with Gasteiger partial charge in [0.05, 0.1) is 12.7 Å². The summed E-state index contributed by atoms with van der Waals surface area (Å²) >= 11 is 0. The smallest absolute Gasteiger partial charge is 0.341 e. The normalized spacial score (nSPS) is 17.2. The molecule has 0 amide bonds. The summed E-state index contributed by atoms with van der Waals surface area (Å²) in [4.78, 5) is 11.9. The number of ether oxygens (including phenoxy) is 2. The van der Waals surface area contributed by atoms with Crippen LogP contribution in [0.1, 0.15) is 25.0 Å². The van der Waals surface area contributed by atoms with Gasteiger partial charge in [-0.05, 0) is 13.8 Å². The molecular formula is C14H15O3Y-. The molecule has 0 N–H and O–H groups in total. The monoisotopic (exact) mass is 320 g/mol. The average molecular weight is 320 g/mol. The van der Waals surface area contributed by atoms with Crippen molar-refractivity contribution in [2.75, 3.05) is 7.11 Å². The minimum Gasteiger partial charge on any atom is -0.496 e. The number of methoxy groups -OCH3 is 1. The van der Waals surface area contributed by atoms with Crippen molar-refractivity contribution in [3.63, 3.8) is 0 Å². The van der Waals surface area contributed by atoms with Crippen molar-refractivity contribution in [2.24, 2.45) is 0 Å². The average Bonchev–Trinajstić information content (AvgIpc) is 2.48. The summed E-state index contributed by atoms with van der Waals surface area (Å²) in [6.07, 6.45) is 0. The van der Waals surface area contributed by atoms with E-state index in [0.29, 0.717) is 11.3 Å². The van der Waals surface area contributed by atoms with Crippen molar-refractivity contribution < 1.29 is 47.0 Å². The predicted molar refractivity (Wildman–Crippen MR) is 64.1 cm³/mol. The van der Waals surface area contributed by atoms with Gasteiger partial charge in [-0.3, -0.25) is 0 Å². The summed E-state index contributed by atoms with van der Waals surface area (Å²) in [6.45, 7) is 5.58. The summed E-state index contributed by atoms with van der Waals surface area (Å²) < 4.78 is 10.7. The first-order chi connectivity index (χ1) is 7.97. The van der Waals surface area contributed by atoms with Crippen LogP contribution in [-0.2, 0) is 47.0 Å². The number of cyclic esters (lactones) is 1.